The molecule has 0 atom stereocenters. The largest absolute Gasteiger partial charge is 2.00 e. The van der Waals surface area contributed by atoms with Gasteiger partial charge in [0, 0.05) is 63.5 Å². The number of ether oxygens (including phenoxy) is 3. The Balaban J connectivity index is 0.00000132. The minimum atomic E-state index is -4.94. The van der Waals surface area contributed by atoms with E-state index >= 15 is 0 Å². The van der Waals surface area contributed by atoms with Crippen LogP contribution >= 0.6 is 0 Å². The van der Waals surface area contributed by atoms with Crippen molar-refractivity contribution in [2.75, 3.05) is 65.7 Å². The molecule has 15 nitrogen and oxygen atoms in total. The molecule has 1 aliphatic rings. The average Bonchev–Trinajstić information content (AvgIpc) is 2.87. The molecule has 2 aromatic carbocycles. The molecule has 0 spiro atoms. The Bertz CT molecular complexity index is 876. The summed E-state index contributed by atoms with van der Waals surface area (Å²) < 4.78 is 85.5. The first-order valence-electron chi connectivity index (χ1n) is 12.4. The van der Waals surface area contributed by atoms with Crippen molar-refractivity contribution < 1.29 is 72.0 Å². The molecule has 1 heterocycles. The summed E-state index contributed by atoms with van der Waals surface area (Å²) in [7, 11) is -9.89. The summed E-state index contributed by atoms with van der Waals surface area (Å²) in [6.45, 7) is 8.90. The average molecular weight is 835 g/mol. The number of halogens is 2. The summed E-state index contributed by atoms with van der Waals surface area (Å²) in [4.78, 5) is 2.39. The zero-order chi connectivity index (χ0) is 30.6. The van der Waals surface area contributed by atoms with Crippen LogP contribution in [0.25, 0.3) is 0 Å². The molecule has 0 unspecified atom stereocenters. The molecule has 0 fully saturated rings. The number of fused-ring (bicyclic) bond motifs is 2. The summed E-state index contributed by atoms with van der Waals surface area (Å²) in [6.07, 6.45) is 0. The maximum absolute atomic E-state index is 8.49. The fraction of sp³-hybridized carbons (Fsp3) is 0.500. The fourth-order valence-corrected chi connectivity index (χ4v) is 3.54. The van der Waals surface area contributed by atoms with Crippen molar-refractivity contribution in [3.63, 3.8) is 0 Å². The molecular weight excluding hydrogens is 798 g/mol. The summed E-state index contributed by atoms with van der Waals surface area (Å²) >= 11 is 0. The quantitative estimate of drug-likeness (QED) is 0.237. The van der Waals surface area contributed by atoms with E-state index in [1.54, 1.807) is 0 Å². The first-order valence-corrected chi connectivity index (χ1v) is 14.9. The van der Waals surface area contributed by atoms with Gasteiger partial charge in [0.1, 0.15) is 24.7 Å². The van der Waals surface area contributed by atoms with Crippen LogP contribution in [0, 0.1) is 20.5 Å². The van der Waals surface area contributed by atoms with E-state index in [-0.39, 0.29) is 27.3 Å². The molecule has 236 valence electrons. The molecule has 0 aromatic heterocycles. The summed E-state index contributed by atoms with van der Waals surface area (Å²) in [5, 5.41) is 7.07. The molecule has 42 heavy (non-hydrogen) atoms. The van der Waals surface area contributed by atoms with Crippen molar-refractivity contribution >= 4 is 27.3 Å². The zero-order valence-electron chi connectivity index (χ0n) is 22.9. The topological polar surface area (TPSA) is 265 Å². The van der Waals surface area contributed by atoms with Gasteiger partial charge in [0.2, 0.25) is 0 Å². The molecule has 4 N–H and O–H groups in total. The normalized spacial score (nSPS) is 16.2. The standard InChI is InChI=1S/C24H36N4O3.2ClHO4.Pb/c25-9-12-28-13-10-26-19-21-5-1-3-7-23(21)30-17-15-29-16-18-31-24-8-4-2-6-22(24)20-27-11-14-28;2*2-1(3,4)5;/h1-8,26-27H,9-20,25H2;2*(H,2,3,4,5);/q;;;+2/p-2. The predicted octanol–water partition coefficient (Wildman–Crippen LogP) is -8.28. The Morgan fingerprint density at radius 3 is 1.43 bits per heavy atom. The van der Waals surface area contributed by atoms with E-state index in [2.05, 4.69) is 27.7 Å². The number of nitrogens with zero attached hydrogens (tertiary/aromatic N) is 1. The molecule has 2 radical (unpaired) electrons. The van der Waals surface area contributed by atoms with Crippen molar-refractivity contribution in [1.29, 1.82) is 0 Å². The first-order chi connectivity index (χ1) is 19.4. The van der Waals surface area contributed by atoms with Crippen LogP contribution in [0.15, 0.2) is 48.5 Å². The third-order valence-corrected chi connectivity index (χ3v) is 5.20. The molecule has 0 bridgehead atoms. The van der Waals surface area contributed by atoms with Gasteiger partial charge in [-0.3, -0.25) is 4.90 Å². The van der Waals surface area contributed by atoms with Crippen molar-refractivity contribution in [2.24, 2.45) is 5.73 Å². The van der Waals surface area contributed by atoms with Gasteiger partial charge in [-0.05, 0) is 12.1 Å². The van der Waals surface area contributed by atoms with Gasteiger partial charge in [-0.25, -0.2) is 37.3 Å². The van der Waals surface area contributed by atoms with Gasteiger partial charge >= 0.3 is 27.3 Å². The van der Waals surface area contributed by atoms with Crippen LogP contribution in [0.4, 0.5) is 0 Å². The Morgan fingerprint density at radius 2 is 1.05 bits per heavy atom. The van der Waals surface area contributed by atoms with E-state index in [0.717, 1.165) is 68.4 Å². The van der Waals surface area contributed by atoms with Gasteiger partial charge < -0.3 is 30.6 Å². The van der Waals surface area contributed by atoms with Crippen molar-refractivity contribution in [2.45, 2.75) is 13.1 Å². The van der Waals surface area contributed by atoms with Crippen molar-refractivity contribution in [3.05, 3.63) is 59.7 Å². The van der Waals surface area contributed by atoms with E-state index in [4.69, 9.17) is 57.2 Å². The number of benzene rings is 2. The van der Waals surface area contributed by atoms with Crippen molar-refractivity contribution in [1.82, 2.24) is 15.5 Å². The first kappa shape index (κ1) is 41.0. The van der Waals surface area contributed by atoms with Crippen LogP contribution in [-0.4, -0.2) is 97.9 Å². The van der Waals surface area contributed by atoms with E-state index in [0.29, 0.717) is 33.0 Å². The van der Waals surface area contributed by atoms with Gasteiger partial charge in [0.15, 0.2) is 0 Å². The van der Waals surface area contributed by atoms with Crippen LogP contribution in [0.2, 0.25) is 0 Å². The molecule has 2 aromatic rings. The Kier molecular flexibility index (Phi) is 22.9. The molecule has 18 heteroatoms. The summed E-state index contributed by atoms with van der Waals surface area (Å²) in [5.74, 6) is 1.81. The fourth-order valence-electron chi connectivity index (χ4n) is 3.54. The van der Waals surface area contributed by atoms with Gasteiger partial charge in [0.05, 0.1) is 13.2 Å². The van der Waals surface area contributed by atoms with Crippen LogP contribution in [0.1, 0.15) is 11.1 Å². The van der Waals surface area contributed by atoms with E-state index in [1.807, 2.05) is 36.4 Å². The number of hydrogen-bond acceptors (Lipinski definition) is 15. The Hall–Kier alpha value is -0.978. The maximum atomic E-state index is 8.49. The van der Waals surface area contributed by atoms with Crippen LogP contribution in [0.3, 0.4) is 0 Å². The molecule has 0 amide bonds. The van der Waals surface area contributed by atoms with Crippen LogP contribution in [0.5, 0.6) is 11.5 Å². The van der Waals surface area contributed by atoms with Crippen LogP contribution < -0.4 is 63.1 Å². The van der Waals surface area contributed by atoms with E-state index in [1.165, 1.54) is 0 Å². The number of nitrogens with one attached hydrogen (secondary N) is 2. The monoisotopic (exact) mass is 834 g/mol. The molecule has 0 saturated heterocycles. The molecule has 3 rings (SSSR count). The van der Waals surface area contributed by atoms with Crippen molar-refractivity contribution in [3.8, 4) is 11.5 Å². The number of rotatable bonds is 2. The minimum absolute atomic E-state index is 0. The number of para-hydroxylation sites is 2. The number of hydrogen-bond donors (Lipinski definition) is 3. The zero-order valence-corrected chi connectivity index (χ0v) is 28.3. The van der Waals surface area contributed by atoms with E-state index < -0.39 is 20.5 Å². The SMILES string of the molecule is NCCN1CCNCc2ccccc2OCCOCCOc2ccccc2CNCC1.[O-][Cl+3]([O-])([O-])[O-].[O-][Cl+3]([O-])([O-])[O-].[Pb+2]. The maximum Gasteiger partial charge on any atom is 2.00 e. The summed E-state index contributed by atoms with van der Waals surface area (Å²) in [6, 6.07) is 16.3. The third kappa shape index (κ3) is 24.5. The Morgan fingerprint density at radius 1 is 0.667 bits per heavy atom. The van der Waals surface area contributed by atoms with Gasteiger partial charge in [0.25, 0.3) is 0 Å². The second kappa shape index (κ2) is 23.4. The number of nitrogens with two attached hydrogens (primary N) is 1. The van der Waals surface area contributed by atoms with Gasteiger partial charge in [-0.2, -0.15) is 0 Å². The molecular formula is C24H36Cl2N4O11Pb. The van der Waals surface area contributed by atoms with Crippen LogP contribution in [-0.2, 0) is 17.8 Å². The second-order valence-corrected chi connectivity index (χ2v) is 9.78. The van der Waals surface area contributed by atoms with Gasteiger partial charge in [-0.15, -0.1) is 20.5 Å². The second-order valence-electron chi connectivity index (χ2n) is 8.26. The van der Waals surface area contributed by atoms with Gasteiger partial charge in [-0.1, -0.05) is 36.4 Å². The Labute approximate surface area is 269 Å². The van der Waals surface area contributed by atoms with E-state index in [9.17, 15) is 0 Å². The molecule has 0 saturated carbocycles. The third-order valence-electron chi connectivity index (χ3n) is 5.20. The summed E-state index contributed by atoms with van der Waals surface area (Å²) in [5.41, 5.74) is 8.13. The predicted molar refractivity (Wildman–Crippen MR) is 129 cm³/mol. The minimum Gasteiger partial charge on any atom is -0.491 e. The smallest absolute Gasteiger partial charge is 0.491 e. The molecule has 1 aliphatic heterocycles. The molecule has 0 aliphatic carbocycles.